The van der Waals surface area contributed by atoms with Gasteiger partial charge in [0, 0.05) is 55.3 Å². The number of piperidine rings is 1. The molecule has 6 heteroatoms. The summed E-state index contributed by atoms with van der Waals surface area (Å²) in [6, 6.07) is 15.1. The Kier molecular flexibility index (Phi) is 5.37. The van der Waals surface area contributed by atoms with Gasteiger partial charge in [-0.05, 0) is 43.5 Å². The monoisotopic (exact) mass is 412 g/mol. The van der Waals surface area contributed by atoms with Crippen LogP contribution in [0.5, 0.6) is 0 Å². The SMILES string of the molecule is CCc1cc(N2CCC(n3c(CC)nc4ccccc43)CC2)nc(-c2ccncc2)n1. The van der Waals surface area contributed by atoms with E-state index in [0.717, 1.165) is 67.2 Å². The van der Waals surface area contributed by atoms with E-state index in [-0.39, 0.29) is 0 Å². The maximum atomic E-state index is 4.91. The van der Waals surface area contributed by atoms with Crippen molar-refractivity contribution in [1.29, 1.82) is 0 Å². The standard InChI is InChI=1S/C25H28N6/c1-3-19-17-24(29-25(27-19)18-9-13-26-14-10-18)30-15-11-20(12-16-30)31-22-8-6-5-7-21(22)28-23(31)4-2/h5-10,13-14,17,20H,3-4,11-12,15-16H2,1-2H3. The second-order valence-electron chi connectivity index (χ2n) is 8.09. The zero-order valence-electron chi connectivity index (χ0n) is 18.2. The van der Waals surface area contributed by atoms with Gasteiger partial charge in [-0.25, -0.2) is 15.0 Å². The minimum absolute atomic E-state index is 0.478. The summed E-state index contributed by atoms with van der Waals surface area (Å²) in [6.45, 7) is 6.30. The largest absolute Gasteiger partial charge is 0.356 e. The van der Waals surface area contributed by atoms with Crippen LogP contribution >= 0.6 is 0 Å². The van der Waals surface area contributed by atoms with Crippen molar-refractivity contribution in [2.24, 2.45) is 0 Å². The molecule has 0 unspecified atom stereocenters. The lowest BCUT2D eigenvalue weighted by molar-refractivity contribution is 0.394. The highest BCUT2D eigenvalue weighted by molar-refractivity contribution is 5.76. The Bertz CT molecular complexity index is 1180. The average Bonchev–Trinajstić information content (AvgIpc) is 3.23. The molecule has 158 valence electrons. The van der Waals surface area contributed by atoms with E-state index in [4.69, 9.17) is 15.0 Å². The average molecular weight is 413 g/mol. The van der Waals surface area contributed by atoms with Gasteiger partial charge in [-0.3, -0.25) is 4.98 Å². The van der Waals surface area contributed by atoms with Gasteiger partial charge in [0.05, 0.1) is 11.0 Å². The molecule has 3 aromatic heterocycles. The Balaban J connectivity index is 1.40. The molecule has 0 atom stereocenters. The van der Waals surface area contributed by atoms with Gasteiger partial charge in [-0.2, -0.15) is 0 Å². The van der Waals surface area contributed by atoms with Gasteiger partial charge >= 0.3 is 0 Å². The topological polar surface area (TPSA) is 59.7 Å². The second kappa shape index (κ2) is 8.46. The van der Waals surface area contributed by atoms with Gasteiger partial charge in [0.25, 0.3) is 0 Å². The first-order valence-corrected chi connectivity index (χ1v) is 11.3. The Morgan fingerprint density at radius 3 is 2.42 bits per heavy atom. The summed E-state index contributed by atoms with van der Waals surface area (Å²) in [5.74, 6) is 3.01. The van der Waals surface area contributed by atoms with Crippen LogP contribution in [0.3, 0.4) is 0 Å². The molecular formula is C25H28N6. The van der Waals surface area contributed by atoms with Crippen molar-refractivity contribution in [3.05, 3.63) is 66.4 Å². The number of fused-ring (bicyclic) bond motifs is 1. The van der Waals surface area contributed by atoms with Gasteiger partial charge in [0.2, 0.25) is 0 Å². The van der Waals surface area contributed by atoms with Crippen LogP contribution in [-0.2, 0) is 12.8 Å². The fraction of sp³-hybridized carbons (Fsp3) is 0.360. The molecule has 31 heavy (non-hydrogen) atoms. The van der Waals surface area contributed by atoms with Crippen molar-refractivity contribution >= 4 is 16.9 Å². The number of imidazole rings is 1. The van der Waals surface area contributed by atoms with Crippen LogP contribution in [0.2, 0.25) is 0 Å². The van der Waals surface area contributed by atoms with E-state index >= 15 is 0 Å². The molecule has 1 aliphatic heterocycles. The Morgan fingerprint density at radius 2 is 1.68 bits per heavy atom. The highest BCUT2D eigenvalue weighted by Crippen LogP contribution is 2.31. The van der Waals surface area contributed by atoms with Crippen LogP contribution in [0.1, 0.15) is 44.2 Å². The third-order valence-corrected chi connectivity index (χ3v) is 6.21. The first-order valence-electron chi connectivity index (χ1n) is 11.3. The third-order valence-electron chi connectivity index (χ3n) is 6.21. The number of hydrogen-bond acceptors (Lipinski definition) is 5. The lowest BCUT2D eigenvalue weighted by Crippen LogP contribution is -2.35. The molecule has 1 aliphatic rings. The van der Waals surface area contributed by atoms with Crippen LogP contribution in [0.25, 0.3) is 22.4 Å². The van der Waals surface area contributed by atoms with E-state index in [0.29, 0.717) is 6.04 Å². The van der Waals surface area contributed by atoms with Crippen molar-refractivity contribution in [1.82, 2.24) is 24.5 Å². The second-order valence-corrected chi connectivity index (χ2v) is 8.09. The molecule has 5 rings (SSSR count). The van der Waals surface area contributed by atoms with E-state index in [2.05, 4.69) is 58.6 Å². The van der Waals surface area contributed by atoms with Gasteiger partial charge in [-0.15, -0.1) is 0 Å². The maximum Gasteiger partial charge on any atom is 0.161 e. The zero-order chi connectivity index (χ0) is 21.2. The summed E-state index contributed by atoms with van der Waals surface area (Å²) >= 11 is 0. The summed E-state index contributed by atoms with van der Waals surface area (Å²) in [7, 11) is 0. The van der Waals surface area contributed by atoms with E-state index in [1.807, 2.05) is 12.1 Å². The molecule has 1 aromatic carbocycles. The molecule has 4 heterocycles. The fourth-order valence-electron chi connectivity index (χ4n) is 4.56. The smallest absolute Gasteiger partial charge is 0.161 e. The number of aromatic nitrogens is 5. The Morgan fingerprint density at radius 1 is 0.903 bits per heavy atom. The van der Waals surface area contributed by atoms with Crippen LogP contribution in [0, 0.1) is 0 Å². The summed E-state index contributed by atoms with van der Waals surface area (Å²) in [4.78, 5) is 21.1. The number of anilines is 1. The predicted molar refractivity (Wildman–Crippen MR) is 124 cm³/mol. The molecule has 0 amide bonds. The quantitative estimate of drug-likeness (QED) is 0.469. The molecule has 4 aromatic rings. The predicted octanol–water partition coefficient (Wildman–Crippen LogP) is 4.85. The number of nitrogens with zero attached hydrogens (tertiary/aromatic N) is 6. The molecule has 6 nitrogen and oxygen atoms in total. The molecule has 1 fully saturated rings. The van der Waals surface area contributed by atoms with E-state index < -0.39 is 0 Å². The van der Waals surface area contributed by atoms with E-state index in [1.165, 1.54) is 11.3 Å². The van der Waals surface area contributed by atoms with Gasteiger partial charge in [-0.1, -0.05) is 26.0 Å². The molecule has 0 N–H and O–H groups in total. The van der Waals surface area contributed by atoms with Crippen molar-refractivity contribution in [2.45, 2.75) is 45.6 Å². The van der Waals surface area contributed by atoms with Crippen LogP contribution < -0.4 is 4.90 Å². The number of para-hydroxylation sites is 2. The number of hydrogen-bond donors (Lipinski definition) is 0. The maximum absolute atomic E-state index is 4.91. The molecule has 0 saturated carbocycles. The van der Waals surface area contributed by atoms with Crippen molar-refractivity contribution < 1.29 is 0 Å². The van der Waals surface area contributed by atoms with Crippen LogP contribution in [0.4, 0.5) is 5.82 Å². The third kappa shape index (κ3) is 3.78. The van der Waals surface area contributed by atoms with Gasteiger partial charge in [0.15, 0.2) is 5.82 Å². The van der Waals surface area contributed by atoms with E-state index in [9.17, 15) is 0 Å². The highest BCUT2D eigenvalue weighted by atomic mass is 15.2. The first kappa shape index (κ1) is 19.7. The number of pyridine rings is 1. The highest BCUT2D eigenvalue weighted by Gasteiger charge is 2.25. The first-order chi connectivity index (χ1) is 15.3. The summed E-state index contributed by atoms with van der Waals surface area (Å²) < 4.78 is 2.48. The normalized spacial score (nSPS) is 15.0. The molecular weight excluding hydrogens is 384 g/mol. The molecule has 1 saturated heterocycles. The fourth-order valence-corrected chi connectivity index (χ4v) is 4.56. The zero-order valence-corrected chi connectivity index (χ0v) is 18.2. The molecule has 0 spiro atoms. The summed E-state index contributed by atoms with van der Waals surface area (Å²) in [5, 5.41) is 0. The summed E-state index contributed by atoms with van der Waals surface area (Å²) in [6.07, 6.45) is 7.61. The lowest BCUT2D eigenvalue weighted by Gasteiger charge is -2.34. The van der Waals surface area contributed by atoms with Crippen LogP contribution in [-0.4, -0.2) is 37.6 Å². The Labute approximate surface area is 183 Å². The van der Waals surface area contributed by atoms with Gasteiger partial charge in [0.1, 0.15) is 11.6 Å². The van der Waals surface area contributed by atoms with E-state index in [1.54, 1.807) is 12.4 Å². The molecule has 0 bridgehead atoms. The van der Waals surface area contributed by atoms with Gasteiger partial charge < -0.3 is 9.47 Å². The molecule has 0 aliphatic carbocycles. The van der Waals surface area contributed by atoms with Crippen molar-refractivity contribution in [2.75, 3.05) is 18.0 Å². The number of rotatable bonds is 5. The number of benzene rings is 1. The number of aryl methyl sites for hydroxylation is 2. The lowest BCUT2D eigenvalue weighted by atomic mass is 10.0. The minimum Gasteiger partial charge on any atom is -0.356 e. The summed E-state index contributed by atoms with van der Waals surface area (Å²) in [5.41, 5.74) is 4.45. The van der Waals surface area contributed by atoms with Crippen molar-refractivity contribution in [3.63, 3.8) is 0 Å². The Hall–Kier alpha value is -3.28. The molecule has 0 radical (unpaired) electrons. The van der Waals surface area contributed by atoms with Crippen molar-refractivity contribution in [3.8, 4) is 11.4 Å². The van der Waals surface area contributed by atoms with Crippen LogP contribution in [0.15, 0.2) is 54.9 Å². The minimum atomic E-state index is 0.478.